The van der Waals surface area contributed by atoms with Gasteiger partial charge in [-0.1, -0.05) is 34.1 Å². The fourth-order valence-corrected chi connectivity index (χ4v) is 2.94. The van der Waals surface area contributed by atoms with Crippen LogP contribution < -0.4 is 10.6 Å². The van der Waals surface area contributed by atoms with E-state index in [0.29, 0.717) is 17.3 Å². The van der Waals surface area contributed by atoms with Gasteiger partial charge in [0.1, 0.15) is 6.26 Å². The average Bonchev–Trinajstić information content (AvgIpc) is 3.11. The van der Waals surface area contributed by atoms with Crippen LogP contribution in [0.25, 0.3) is 11.5 Å². The van der Waals surface area contributed by atoms with Gasteiger partial charge in [-0.05, 0) is 42.8 Å². The summed E-state index contributed by atoms with van der Waals surface area (Å²) in [4.78, 5) is 28.4. The molecule has 7 heteroatoms. The van der Waals surface area contributed by atoms with Crippen molar-refractivity contribution in [2.24, 2.45) is 0 Å². The van der Waals surface area contributed by atoms with Crippen molar-refractivity contribution in [1.29, 1.82) is 0 Å². The van der Waals surface area contributed by atoms with E-state index >= 15 is 0 Å². The Morgan fingerprint density at radius 3 is 2.63 bits per heavy atom. The maximum Gasteiger partial charge on any atom is 0.243 e. The van der Waals surface area contributed by atoms with Gasteiger partial charge in [0.2, 0.25) is 17.7 Å². The second-order valence-electron chi connectivity index (χ2n) is 5.97. The third-order valence-electron chi connectivity index (χ3n) is 3.82. The van der Waals surface area contributed by atoms with Gasteiger partial charge in [0, 0.05) is 15.7 Å². The van der Waals surface area contributed by atoms with E-state index in [2.05, 4.69) is 31.5 Å². The quantitative estimate of drug-likeness (QED) is 0.627. The Labute approximate surface area is 165 Å². The first-order valence-corrected chi connectivity index (χ1v) is 9.13. The standard InChI is InChI=1S/C20H18BrN3O3/c1-13-9-15(21)7-8-17(13)24-19(26)11-22-18(25)10-16-12-27-20(23-16)14-5-3-2-4-6-14/h2-9,12H,10-11H2,1H3,(H,22,25)(H,24,26). The molecule has 0 radical (unpaired) electrons. The lowest BCUT2D eigenvalue weighted by atomic mass is 10.2. The first-order chi connectivity index (χ1) is 13.0. The number of anilines is 1. The number of nitrogens with one attached hydrogen (secondary N) is 2. The normalized spacial score (nSPS) is 10.4. The molecule has 6 nitrogen and oxygen atoms in total. The molecule has 0 aliphatic rings. The predicted molar refractivity (Wildman–Crippen MR) is 106 cm³/mol. The number of hydrogen-bond donors (Lipinski definition) is 2. The lowest BCUT2D eigenvalue weighted by molar-refractivity contribution is -0.123. The van der Waals surface area contributed by atoms with E-state index < -0.39 is 0 Å². The van der Waals surface area contributed by atoms with Crippen molar-refractivity contribution in [3.05, 3.63) is 70.5 Å². The molecule has 1 aromatic heterocycles. The Hall–Kier alpha value is -2.93. The van der Waals surface area contributed by atoms with Crippen LogP contribution in [0.15, 0.2) is 63.7 Å². The van der Waals surface area contributed by atoms with Gasteiger partial charge in [0.05, 0.1) is 18.7 Å². The number of carbonyl (C=O) groups is 2. The van der Waals surface area contributed by atoms with Crippen molar-refractivity contribution >= 4 is 33.4 Å². The second-order valence-corrected chi connectivity index (χ2v) is 6.89. The maximum absolute atomic E-state index is 12.0. The van der Waals surface area contributed by atoms with Crippen molar-refractivity contribution in [2.75, 3.05) is 11.9 Å². The van der Waals surface area contributed by atoms with Gasteiger partial charge in [-0.15, -0.1) is 0 Å². The Kier molecular flexibility index (Phi) is 6.03. The molecule has 0 saturated heterocycles. The van der Waals surface area contributed by atoms with E-state index in [9.17, 15) is 9.59 Å². The Morgan fingerprint density at radius 1 is 1.11 bits per heavy atom. The summed E-state index contributed by atoms with van der Waals surface area (Å²) in [6.07, 6.45) is 1.49. The number of aryl methyl sites for hydroxylation is 1. The summed E-state index contributed by atoms with van der Waals surface area (Å²) in [6.45, 7) is 1.78. The number of halogens is 1. The number of oxazole rings is 1. The molecular weight excluding hydrogens is 410 g/mol. The highest BCUT2D eigenvalue weighted by molar-refractivity contribution is 9.10. The molecule has 3 rings (SSSR count). The van der Waals surface area contributed by atoms with Crippen LogP contribution in [-0.2, 0) is 16.0 Å². The van der Waals surface area contributed by atoms with Crippen molar-refractivity contribution in [2.45, 2.75) is 13.3 Å². The molecule has 0 saturated carbocycles. The van der Waals surface area contributed by atoms with Gasteiger partial charge in [0.25, 0.3) is 0 Å². The molecule has 0 unspecified atom stereocenters. The molecule has 2 aromatic carbocycles. The van der Waals surface area contributed by atoms with E-state index in [0.717, 1.165) is 15.6 Å². The van der Waals surface area contributed by atoms with Crippen LogP contribution >= 0.6 is 15.9 Å². The number of rotatable bonds is 6. The smallest absolute Gasteiger partial charge is 0.243 e. The van der Waals surface area contributed by atoms with Gasteiger partial charge >= 0.3 is 0 Å². The van der Waals surface area contributed by atoms with E-state index in [4.69, 9.17) is 4.42 Å². The highest BCUT2D eigenvalue weighted by Crippen LogP contribution is 2.20. The van der Waals surface area contributed by atoms with Crippen LogP contribution in [0.1, 0.15) is 11.3 Å². The van der Waals surface area contributed by atoms with Crippen molar-refractivity contribution in [1.82, 2.24) is 10.3 Å². The minimum absolute atomic E-state index is 0.0426. The van der Waals surface area contributed by atoms with Crippen LogP contribution in [0.3, 0.4) is 0 Å². The average molecular weight is 428 g/mol. The molecular formula is C20H18BrN3O3. The summed E-state index contributed by atoms with van der Waals surface area (Å²) in [6, 6.07) is 15.0. The van der Waals surface area contributed by atoms with E-state index in [1.54, 1.807) is 6.07 Å². The number of nitrogens with zero attached hydrogens (tertiary/aromatic N) is 1. The first-order valence-electron chi connectivity index (χ1n) is 8.34. The Balaban J connectivity index is 1.49. The third kappa shape index (κ3) is 5.27. The number of hydrogen-bond acceptors (Lipinski definition) is 4. The van der Waals surface area contributed by atoms with E-state index in [1.165, 1.54) is 6.26 Å². The maximum atomic E-state index is 12.0. The zero-order valence-electron chi connectivity index (χ0n) is 14.7. The molecule has 2 N–H and O–H groups in total. The SMILES string of the molecule is Cc1cc(Br)ccc1NC(=O)CNC(=O)Cc1coc(-c2ccccc2)n1. The number of benzene rings is 2. The molecule has 2 amide bonds. The fourth-order valence-electron chi connectivity index (χ4n) is 2.47. The topological polar surface area (TPSA) is 84.2 Å². The van der Waals surface area contributed by atoms with Gasteiger partial charge in [-0.2, -0.15) is 0 Å². The molecule has 0 atom stereocenters. The number of carbonyl (C=O) groups excluding carboxylic acids is 2. The van der Waals surface area contributed by atoms with Crippen LogP contribution in [0.5, 0.6) is 0 Å². The highest BCUT2D eigenvalue weighted by atomic mass is 79.9. The minimum atomic E-state index is -0.300. The molecule has 3 aromatic rings. The largest absolute Gasteiger partial charge is 0.444 e. The van der Waals surface area contributed by atoms with Gasteiger partial charge in [0.15, 0.2) is 0 Å². The summed E-state index contributed by atoms with van der Waals surface area (Å²) in [5, 5.41) is 5.36. The lowest BCUT2D eigenvalue weighted by Crippen LogP contribution is -2.34. The van der Waals surface area contributed by atoms with Crippen LogP contribution in [0, 0.1) is 6.92 Å². The van der Waals surface area contributed by atoms with Crippen LogP contribution in [-0.4, -0.2) is 23.3 Å². The Bertz CT molecular complexity index is 954. The molecule has 0 spiro atoms. The second kappa shape index (κ2) is 8.64. The molecule has 0 aliphatic carbocycles. The molecule has 0 fully saturated rings. The molecule has 0 aliphatic heterocycles. The molecule has 0 bridgehead atoms. The number of aromatic nitrogens is 1. The minimum Gasteiger partial charge on any atom is -0.444 e. The Morgan fingerprint density at radius 2 is 1.89 bits per heavy atom. The zero-order valence-corrected chi connectivity index (χ0v) is 16.2. The summed E-state index contributed by atoms with van der Waals surface area (Å²) < 4.78 is 6.34. The van der Waals surface area contributed by atoms with Crippen molar-refractivity contribution < 1.29 is 14.0 Å². The summed E-state index contributed by atoms with van der Waals surface area (Å²) in [5.74, 6) is -0.133. The van der Waals surface area contributed by atoms with Gasteiger partial charge < -0.3 is 15.1 Å². The summed E-state index contributed by atoms with van der Waals surface area (Å²) in [7, 11) is 0. The highest BCUT2D eigenvalue weighted by Gasteiger charge is 2.12. The van der Waals surface area contributed by atoms with Crippen molar-refractivity contribution in [3.63, 3.8) is 0 Å². The molecule has 138 valence electrons. The third-order valence-corrected chi connectivity index (χ3v) is 4.32. The molecule has 27 heavy (non-hydrogen) atoms. The molecule has 1 heterocycles. The van der Waals surface area contributed by atoms with Crippen molar-refractivity contribution in [3.8, 4) is 11.5 Å². The van der Waals surface area contributed by atoms with Gasteiger partial charge in [-0.3, -0.25) is 9.59 Å². The van der Waals surface area contributed by atoms with Crippen LogP contribution in [0.4, 0.5) is 5.69 Å². The summed E-state index contributed by atoms with van der Waals surface area (Å²) >= 11 is 3.38. The van der Waals surface area contributed by atoms with Crippen LogP contribution in [0.2, 0.25) is 0 Å². The monoisotopic (exact) mass is 427 g/mol. The summed E-state index contributed by atoms with van der Waals surface area (Å²) in [5.41, 5.74) is 2.99. The van der Waals surface area contributed by atoms with Gasteiger partial charge in [-0.25, -0.2) is 4.98 Å². The first kappa shape index (κ1) is 18.8. The van der Waals surface area contributed by atoms with E-state index in [-0.39, 0.29) is 24.8 Å². The fraction of sp³-hybridized carbons (Fsp3) is 0.150. The lowest BCUT2D eigenvalue weighted by Gasteiger charge is -2.09. The zero-order chi connectivity index (χ0) is 19.2. The number of amides is 2. The predicted octanol–water partition coefficient (Wildman–Crippen LogP) is 3.71. The van der Waals surface area contributed by atoms with E-state index in [1.807, 2.05) is 49.4 Å².